The normalized spacial score (nSPS) is 31.1. The molecule has 0 heterocycles. The van der Waals surface area contributed by atoms with Gasteiger partial charge in [-0.2, -0.15) is 13.2 Å². The van der Waals surface area contributed by atoms with Crippen molar-refractivity contribution in [1.29, 1.82) is 0 Å². The van der Waals surface area contributed by atoms with E-state index >= 15 is 0 Å². The second-order valence-electron chi connectivity index (χ2n) is 5.10. The lowest BCUT2D eigenvalue weighted by Crippen LogP contribution is -2.46. The predicted octanol–water partition coefficient (Wildman–Crippen LogP) is 2.97. The van der Waals surface area contributed by atoms with E-state index < -0.39 is 29.6 Å². The van der Waals surface area contributed by atoms with Crippen molar-refractivity contribution in [3.63, 3.8) is 0 Å². The van der Waals surface area contributed by atoms with Crippen molar-refractivity contribution in [2.24, 2.45) is 11.8 Å². The van der Waals surface area contributed by atoms with E-state index in [1.807, 2.05) is 0 Å². The summed E-state index contributed by atoms with van der Waals surface area (Å²) in [6.07, 6.45) is -3.92. The van der Waals surface area contributed by atoms with Crippen LogP contribution in [-0.2, 0) is 4.79 Å². The number of hydrogen-bond acceptors (Lipinski definition) is 2. The van der Waals surface area contributed by atoms with Crippen molar-refractivity contribution in [3.05, 3.63) is 0 Å². The number of aliphatic hydroxyl groups is 1. The fourth-order valence-electron chi connectivity index (χ4n) is 2.70. The Balaban J connectivity index is 2.70. The highest BCUT2D eigenvalue weighted by molar-refractivity contribution is 5.71. The van der Waals surface area contributed by atoms with E-state index in [1.165, 1.54) is 0 Å². The molecule has 1 rings (SSSR count). The molecule has 0 spiro atoms. The van der Waals surface area contributed by atoms with Gasteiger partial charge in [-0.05, 0) is 32.1 Å². The molecule has 106 valence electrons. The van der Waals surface area contributed by atoms with Crippen molar-refractivity contribution in [1.82, 2.24) is 0 Å². The minimum Gasteiger partial charge on any atom is -0.481 e. The molecule has 0 aliphatic heterocycles. The molecule has 18 heavy (non-hydrogen) atoms. The van der Waals surface area contributed by atoms with Crippen LogP contribution in [0.1, 0.15) is 45.4 Å². The number of carboxylic acid groups (broad SMARTS) is 1. The van der Waals surface area contributed by atoms with Crippen molar-refractivity contribution in [2.75, 3.05) is 0 Å². The zero-order valence-corrected chi connectivity index (χ0v) is 10.3. The van der Waals surface area contributed by atoms with E-state index in [1.54, 1.807) is 6.92 Å². The Morgan fingerprint density at radius 2 is 1.89 bits per heavy atom. The lowest BCUT2D eigenvalue weighted by atomic mass is 9.70. The summed E-state index contributed by atoms with van der Waals surface area (Å²) >= 11 is 0. The van der Waals surface area contributed by atoms with Crippen LogP contribution in [0.25, 0.3) is 0 Å². The summed E-state index contributed by atoms with van der Waals surface area (Å²) in [6.45, 7) is 1.79. The predicted molar refractivity (Wildman–Crippen MR) is 59.0 cm³/mol. The summed E-state index contributed by atoms with van der Waals surface area (Å²) in [5.41, 5.74) is -1.48. The van der Waals surface area contributed by atoms with Gasteiger partial charge in [0.15, 0.2) is 0 Å². The Morgan fingerprint density at radius 3 is 2.22 bits per heavy atom. The summed E-state index contributed by atoms with van der Waals surface area (Å²) < 4.78 is 37.5. The number of hydrogen-bond donors (Lipinski definition) is 2. The van der Waals surface area contributed by atoms with E-state index in [9.17, 15) is 23.1 Å². The summed E-state index contributed by atoms with van der Waals surface area (Å²) in [7, 11) is 0. The van der Waals surface area contributed by atoms with Gasteiger partial charge in [0, 0.05) is 0 Å². The van der Waals surface area contributed by atoms with Crippen LogP contribution in [0.2, 0.25) is 0 Å². The molecule has 0 saturated heterocycles. The molecule has 1 aliphatic rings. The number of halogens is 3. The average Bonchev–Trinajstić information content (AvgIpc) is 2.24. The molecular formula is C12H19F3O3. The molecule has 0 bridgehead atoms. The standard InChI is InChI=1S/C12H19F3O3/c1-2-3-9(10(16)17)11(18)6-4-8(5-7-11)12(13,14)15/h8-9,18H,2-7H2,1H3,(H,16,17). The quantitative estimate of drug-likeness (QED) is 0.824. The van der Waals surface area contributed by atoms with Gasteiger partial charge in [-0.1, -0.05) is 13.3 Å². The first kappa shape index (κ1) is 15.3. The average molecular weight is 268 g/mol. The summed E-state index contributed by atoms with van der Waals surface area (Å²) in [6, 6.07) is 0. The van der Waals surface area contributed by atoms with E-state index in [4.69, 9.17) is 5.11 Å². The fourth-order valence-corrected chi connectivity index (χ4v) is 2.70. The van der Waals surface area contributed by atoms with Crippen molar-refractivity contribution < 1.29 is 28.2 Å². The van der Waals surface area contributed by atoms with Crippen LogP contribution in [0.15, 0.2) is 0 Å². The van der Waals surface area contributed by atoms with Gasteiger partial charge in [0.2, 0.25) is 0 Å². The summed E-state index contributed by atoms with van der Waals surface area (Å²) in [5, 5.41) is 19.3. The second-order valence-corrected chi connectivity index (χ2v) is 5.10. The third-order valence-corrected chi connectivity index (χ3v) is 3.84. The molecule has 1 fully saturated rings. The van der Waals surface area contributed by atoms with Crippen LogP contribution >= 0.6 is 0 Å². The SMILES string of the molecule is CCCC(C(=O)O)C1(O)CCC(C(F)(F)F)CC1. The van der Waals surface area contributed by atoms with Gasteiger partial charge in [-0.3, -0.25) is 4.79 Å². The molecule has 1 atom stereocenters. The van der Waals surface area contributed by atoms with Crippen molar-refractivity contribution >= 4 is 5.97 Å². The zero-order valence-electron chi connectivity index (χ0n) is 10.3. The van der Waals surface area contributed by atoms with E-state index in [-0.39, 0.29) is 25.7 Å². The fraction of sp³-hybridized carbons (Fsp3) is 0.917. The second kappa shape index (κ2) is 5.47. The summed E-state index contributed by atoms with van der Waals surface area (Å²) in [4.78, 5) is 11.1. The largest absolute Gasteiger partial charge is 0.481 e. The van der Waals surface area contributed by atoms with Crippen LogP contribution in [0.4, 0.5) is 13.2 Å². The van der Waals surface area contributed by atoms with Gasteiger partial charge < -0.3 is 10.2 Å². The van der Waals surface area contributed by atoms with Gasteiger partial charge in [-0.15, -0.1) is 0 Å². The minimum absolute atomic E-state index is 0.0891. The lowest BCUT2D eigenvalue weighted by Gasteiger charge is -2.40. The number of rotatable bonds is 4. The van der Waals surface area contributed by atoms with Crippen LogP contribution in [0.3, 0.4) is 0 Å². The van der Waals surface area contributed by atoms with Crippen molar-refractivity contribution in [3.8, 4) is 0 Å². The monoisotopic (exact) mass is 268 g/mol. The third-order valence-electron chi connectivity index (χ3n) is 3.84. The van der Waals surface area contributed by atoms with Crippen LogP contribution in [0.5, 0.6) is 0 Å². The lowest BCUT2D eigenvalue weighted by molar-refractivity contribution is -0.198. The molecule has 3 nitrogen and oxygen atoms in total. The highest BCUT2D eigenvalue weighted by Crippen LogP contribution is 2.44. The Kier molecular flexibility index (Phi) is 4.64. The molecule has 0 radical (unpaired) electrons. The Hall–Kier alpha value is -0.780. The van der Waals surface area contributed by atoms with Gasteiger partial charge in [0.05, 0.1) is 17.4 Å². The molecule has 1 aliphatic carbocycles. The number of aliphatic carboxylic acids is 1. The Bertz CT molecular complexity index is 293. The highest BCUT2D eigenvalue weighted by atomic mass is 19.4. The molecule has 1 saturated carbocycles. The Labute approximate surface area is 104 Å². The number of alkyl halides is 3. The zero-order chi connectivity index (χ0) is 14.0. The first-order chi connectivity index (χ1) is 8.20. The molecule has 2 N–H and O–H groups in total. The smallest absolute Gasteiger partial charge is 0.391 e. The number of carbonyl (C=O) groups is 1. The van der Waals surface area contributed by atoms with Crippen molar-refractivity contribution in [2.45, 2.75) is 57.2 Å². The first-order valence-electron chi connectivity index (χ1n) is 6.22. The maximum absolute atomic E-state index is 12.5. The number of carboxylic acids is 1. The summed E-state index contributed by atoms with van der Waals surface area (Å²) in [5.74, 6) is -3.49. The molecule has 0 aromatic heterocycles. The molecule has 1 unspecified atom stereocenters. The molecule has 0 amide bonds. The Morgan fingerprint density at radius 1 is 1.39 bits per heavy atom. The highest BCUT2D eigenvalue weighted by Gasteiger charge is 2.49. The van der Waals surface area contributed by atoms with E-state index in [2.05, 4.69) is 0 Å². The third kappa shape index (κ3) is 3.37. The van der Waals surface area contributed by atoms with E-state index in [0.717, 1.165) is 0 Å². The topological polar surface area (TPSA) is 57.5 Å². The van der Waals surface area contributed by atoms with Gasteiger partial charge in [0.25, 0.3) is 0 Å². The van der Waals surface area contributed by atoms with Gasteiger partial charge in [0.1, 0.15) is 0 Å². The maximum atomic E-state index is 12.5. The molecule has 0 aromatic rings. The first-order valence-corrected chi connectivity index (χ1v) is 6.22. The van der Waals surface area contributed by atoms with Crippen LogP contribution in [-0.4, -0.2) is 28.0 Å². The minimum atomic E-state index is -4.25. The van der Waals surface area contributed by atoms with Gasteiger partial charge >= 0.3 is 12.1 Å². The maximum Gasteiger partial charge on any atom is 0.391 e. The van der Waals surface area contributed by atoms with Crippen LogP contribution < -0.4 is 0 Å². The molecular weight excluding hydrogens is 249 g/mol. The van der Waals surface area contributed by atoms with Gasteiger partial charge in [-0.25, -0.2) is 0 Å². The molecule has 6 heteroatoms. The van der Waals surface area contributed by atoms with E-state index in [0.29, 0.717) is 12.8 Å². The van der Waals surface area contributed by atoms with Crippen LogP contribution in [0, 0.1) is 11.8 Å². The molecule has 0 aromatic carbocycles.